The van der Waals surface area contributed by atoms with Gasteiger partial charge in [0.15, 0.2) is 0 Å². The largest absolute Gasteiger partial charge is 0.345 e. The summed E-state index contributed by atoms with van der Waals surface area (Å²) < 4.78 is 0. The molecule has 0 N–H and O–H groups in total. The zero-order valence-corrected chi connectivity index (χ0v) is 16.9. The van der Waals surface area contributed by atoms with Crippen LogP contribution in [0.5, 0.6) is 0 Å². The van der Waals surface area contributed by atoms with Crippen molar-refractivity contribution in [3.05, 3.63) is 0 Å². The van der Waals surface area contributed by atoms with Crippen LogP contribution < -0.4 is 0 Å². The van der Waals surface area contributed by atoms with Crippen LogP contribution in [-0.2, 0) is 9.59 Å². The SMILES string of the molecule is CCN(C)C(=O)C(C1CCCC1)N1CCN(C(=O)CC(C)(C)C)CC1. The Hall–Kier alpha value is -1.10. The number of rotatable bonds is 5. The van der Waals surface area contributed by atoms with Gasteiger partial charge in [-0.25, -0.2) is 0 Å². The molecule has 25 heavy (non-hydrogen) atoms. The first-order chi connectivity index (χ1) is 11.7. The summed E-state index contributed by atoms with van der Waals surface area (Å²) in [5.41, 5.74) is 0.0282. The molecule has 0 aromatic heterocycles. The van der Waals surface area contributed by atoms with Gasteiger partial charge in [-0.15, -0.1) is 0 Å². The van der Waals surface area contributed by atoms with Gasteiger partial charge >= 0.3 is 0 Å². The van der Waals surface area contributed by atoms with Crippen LogP contribution in [0.25, 0.3) is 0 Å². The zero-order valence-electron chi connectivity index (χ0n) is 16.9. The minimum Gasteiger partial charge on any atom is -0.345 e. The molecular formula is C20H37N3O2. The summed E-state index contributed by atoms with van der Waals surface area (Å²) in [7, 11) is 1.91. The van der Waals surface area contributed by atoms with Crippen LogP contribution in [0.3, 0.4) is 0 Å². The lowest BCUT2D eigenvalue weighted by Crippen LogP contribution is -2.58. The van der Waals surface area contributed by atoms with E-state index in [2.05, 4.69) is 25.7 Å². The van der Waals surface area contributed by atoms with Crippen molar-refractivity contribution < 1.29 is 9.59 Å². The molecule has 2 fully saturated rings. The molecule has 2 rings (SSSR count). The van der Waals surface area contributed by atoms with E-state index < -0.39 is 0 Å². The lowest BCUT2D eigenvalue weighted by Gasteiger charge is -2.42. The van der Waals surface area contributed by atoms with Crippen LogP contribution in [0, 0.1) is 11.3 Å². The van der Waals surface area contributed by atoms with Crippen LogP contribution in [0.15, 0.2) is 0 Å². The first kappa shape index (κ1) is 20.2. The summed E-state index contributed by atoms with van der Waals surface area (Å²) in [6.07, 6.45) is 5.41. The van der Waals surface area contributed by atoms with Crippen LogP contribution >= 0.6 is 0 Å². The Balaban J connectivity index is 1.99. The Kier molecular flexibility index (Phi) is 6.89. The third-order valence-electron chi connectivity index (χ3n) is 5.69. The minimum atomic E-state index is 0.00678. The van der Waals surface area contributed by atoms with E-state index in [1.165, 1.54) is 12.8 Å². The molecule has 1 saturated heterocycles. The monoisotopic (exact) mass is 351 g/mol. The van der Waals surface area contributed by atoms with Crippen LogP contribution in [-0.4, -0.2) is 72.3 Å². The average molecular weight is 352 g/mol. The maximum atomic E-state index is 13.0. The highest BCUT2D eigenvalue weighted by Crippen LogP contribution is 2.32. The van der Waals surface area contributed by atoms with Crippen molar-refractivity contribution in [2.75, 3.05) is 39.8 Å². The van der Waals surface area contributed by atoms with Gasteiger partial charge in [0.05, 0.1) is 6.04 Å². The van der Waals surface area contributed by atoms with Gasteiger partial charge in [-0.05, 0) is 31.1 Å². The summed E-state index contributed by atoms with van der Waals surface area (Å²) >= 11 is 0. The van der Waals surface area contributed by atoms with Gasteiger partial charge in [0, 0.05) is 46.2 Å². The molecule has 2 aliphatic rings. The number of hydrogen-bond donors (Lipinski definition) is 0. The molecule has 1 saturated carbocycles. The van der Waals surface area contributed by atoms with E-state index in [0.29, 0.717) is 12.3 Å². The molecule has 5 nitrogen and oxygen atoms in total. The molecule has 0 radical (unpaired) electrons. The van der Waals surface area contributed by atoms with Crippen molar-refractivity contribution in [1.82, 2.24) is 14.7 Å². The molecule has 1 aliphatic carbocycles. The van der Waals surface area contributed by atoms with E-state index in [4.69, 9.17) is 0 Å². The van der Waals surface area contributed by atoms with Crippen molar-refractivity contribution in [3.63, 3.8) is 0 Å². The van der Waals surface area contributed by atoms with Crippen molar-refractivity contribution in [1.29, 1.82) is 0 Å². The fourth-order valence-electron chi connectivity index (χ4n) is 4.13. The van der Waals surface area contributed by atoms with Crippen molar-refractivity contribution in [2.45, 2.75) is 65.8 Å². The Morgan fingerprint density at radius 2 is 1.64 bits per heavy atom. The fraction of sp³-hybridized carbons (Fsp3) is 0.900. The van der Waals surface area contributed by atoms with E-state index in [9.17, 15) is 9.59 Å². The van der Waals surface area contributed by atoms with E-state index in [1.54, 1.807) is 0 Å². The predicted octanol–water partition coefficient (Wildman–Crippen LogP) is 2.60. The predicted molar refractivity (Wildman–Crippen MR) is 101 cm³/mol. The maximum absolute atomic E-state index is 13.0. The number of hydrogen-bond acceptors (Lipinski definition) is 3. The normalized spacial score (nSPS) is 21.4. The smallest absolute Gasteiger partial charge is 0.239 e. The Bertz CT molecular complexity index is 458. The number of amides is 2. The number of carbonyl (C=O) groups excluding carboxylic acids is 2. The van der Waals surface area contributed by atoms with Gasteiger partial charge in [0.2, 0.25) is 11.8 Å². The standard InChI is InChI=1S/C20H37N3O2/c1-6-21(5)19(25)18(16-9-7-8-10-16)23-13-11-22(12-14-23)17(24)15-20(2,3)4/h16,18H,6-15H2,1-5H3. The number of piperazine rings is 1. The van der Waals surface area contributed by atoms with Gasteiger partial charge in [0.25, 0.3) is 0 Å². The highest BCUT2D eigenvalue weighted by molar-refractivity contribution is 5.82. The first-order valence-corrected chi connectivity index (χ1v) is 9.99. The van der Waals surface area contributed by atoms with Gasteiger partial charge < -0.3 is 9.80 Å². The minimum absolute atomic E-state index is 0.00678. The van der Waals surface area contributed by atoms with Gasteiger partial charge in [-0.3, -0.25) is 14.5 Å². The molecule has 1 heterocycles. The molecule has 1 unspecified atom stereocenters. The van der Waals surface area contributed by atoms with Gasteiger partial charge in [0.1, 0.15) is 0 Å². The third kappa shape index (κ3) is 5.44. The highest BCUT2D eigenvalue weighted by atomic mass is 16.2. The fourth-order valence-corrected chi connectivity index (χ4v) is 4.13. The lowest BCUT2D eigenvalue weighted by atomic mass is 9.91. The highest BCUT2D eigenvalue weighted by Gasteiger charge is 2.38. The third-order valence-corrected chi connectivity index (χ3v) is 5.69. The van der Waals surface area contributed by atoms with Crippen molar-refractivity contribution in [3.8, 4) is 0 Å². The van der Waals surface area contributed by atoms with E-state index in [-0.39, 0.29) is 23.3 Å². The summed E-state index contributed by atoms with van der Waals surface area (Å²) in [5.74, 6) is 1.00. The van der Waals surface area contributed by atoms with E-state index in [1.807, 2.05) is 23.8 Å². The maximum Gasteiger partial charge on any atom is 0.239 e. The van der Waals surface area contributed by atoms with Crippen LogP contribution in [0.1, 0.15) is 59.8 Å². The summed E-state index contributed by atoms with van der Waals surface area (Å²) in [6, 6.07) is 0.00678. The first-order valence-electron chi connectivity index (χ1n) is 9.99. The quantitative estimate of drug-likeness (QED) is 0.765. The van der Waals surface area contributed by atoms with Gasteiger partial charge in [-0.2, -0.15) is 0 Å². The second-order valence-corrected chi connectivity index (χ2v) is 9.00. The van der Waals surface area contributed by atoms with Crippen LogP contribution in [0.2, 0.25) is 0 Å². The molecule has 0 bridgehead atoms. The van der Waals surface area contributed by atoms with Crippen molar-refractivity contribution >= 4 is 11.8 Å². The summed E-state index contributed by atoms with van der Waals surface area (Å²) in [4.78, 5) is 31.6. The molecule has 0 aromatic rings. The molecule has 1 aliphatic heterocycles. The van der Waals surface area contributed by atoms with Crippen LogP contribution in [0.4, 0.5) is 0 Å². The molecule has 0 spiro atoms. The Morgan fingerprint density at radius 1 is 1.08 bits per heavy atom. The molecule has 5 heteroatoms. The summed E-state index contributed by atoms with van der Waals surface area (Å²) in [6.45, 7) is 12.3. The zero-order chi connectivity index (χ0) is 18.6. The topological polar surface area (TPSA) is 43.9 Å². The lowest BCUT2D eigenvalue weighted by molar-refractivity contribution is -0.140. The molecule has 2 amide bonds. The Morgan fingerprint density at radius 3 is 2.12 bits per heavy atom. The number of nitrogens with zero attached hydrogens (tertiary/aromatic N) is 3. The number of carbonyl (C=O) groups is 2. The van der Waals surface area contributed by atoms with Gasteiger partial charge in [-0.1, -0.05) is 33.6 Å². The summed E-state index contributed by atoms with van der Waals surface area (Å²) in [5, 5.41) is 0. The molecule has 144 valence electrons. The second-order valence-electron chi connectivity index (χ2n) is 9.00. The molecule has 1 atom stereocenters. The van der Waals surface area contributed by atoms with Crippen molar-refractivity contribution in [2.24, 2.45) is 11.3 Å². The second kappa shape index (κ2) is 8.52. The average Bonchev–Trinajstić information content (AvgIpc) is 3.07. The Labute approximate surface area is 153 Å². The van der Waals surface area contributed by atoms with E-state index >= 15 is 0 Å². The number of likely N-dealkylation sites (N-methyl/N-ethyl adjacent to an activating group) is 1. The molecular weight excluding hydrogens is 314 g/mol. The molecule has 0 aromatic carbocycles. The van der Waals surface area contributed by atoms with E-state index in [0.717, 1.165) is 45.6 Å².